The highest BCUT2D eigenvalue weighted by molar-refractivity contribution is 7.92. The third-order valence-corrected chi connectivity index (χ3v) is 7.46. The Labute approximate surface area is 144 Å². The molecule has 128 valence electrons. The van der Waals surface area contributed by atoms with Crippen molar-refractivity contribution in [3.63, 3.8) is 0 Å². The molecule has 0 radical (unpaired) electrons. The van der Waals surface area contributed by atoms with Crippen molar-refractivity contribution in [1.82, 2.24) is 10.2 Å². The smallest absolute Gasteiger partial charge is 0.181 e. The molecule has 0 atom stereocenters. The van der Waals surface area contributed by atoms with Gasteiger partial charge in [0.25, 0.3) is 0 Å². The van der Waals surface area contributed by atoms with Gasteiger partial charge in [0.15, 0.2) is 9.84 Å². The van der Waals surface area contributed by atoms with E-state index in [-0.39, 0.29) is 5.25 Å². The van der Waals surface area contributed by atoms with E-state index >= 15 is 0 Å². The molecule has 0 bridgehead atoms. The third kappa shape index (κ3) is 3.90. The van der Waals surface area contributed by atoms with Crippen LogP contribution in [0.3, 0.4) is 0 Å². The molecule has 6 heteroatoms. The van der Waals surface area contributed by atoms with Gasteiger partial charge in [-0.2, -0.15) is 0 Å². The summed E-state index contributed by atoms with van der Waals surface area (Å²) < 4.78 is 25.7. The first-order valence-corrected chi connectivity index (χ1v) is 10.5. The van der Waals surface area contributed by atoms with Crippen LogP contribution in [0.5, 0.6) is 0 Å². The molecule has 0 aliphatic carbocycles. The molecule has 0 amide bonds. The first kappa shape index (κ1) is 17.2. The fourth-order valence-corrected chi connectivity index (χ4v) is 5.47. The number of benzene rings is 1. The van der Waals surface area contributed by atoms with Crippen LogP contribution in [0.15, 0.2) is 23.1 Å². The van der Waals surface area contributed by atoms with Gasteiger partial charge in [-0.25, -0.2) is 8.42 Å². The van der Waals surface area contributed by atoms with Crippen molar-refractivity contribution >= 4 is 21.4 Å². The Kier molecular flexibility index (Phi) is 5.62. The molecule has 23 heavy (non-hydrogen) atoms. The fourth-order valence-electron chi connectivity index (χ4n) is 3.54. The zero-order chi connectivity index (χ0) is 16.3. The van der Waals surface area contributed by atoms with E-state index < -0.39 is 9.84 Å². The van der Waals surface area contributed by atoms with E-state index in [1.807, 2.05) is 18.2 Å². The maximum absolute atomic E-state index is 12.9. The zero-order valence-corrected chi connectivity index (χ0v) is 15.0. The number of piperidine rings is 1. The van der Waals surface area contributed by atoms with Crippen LogP contribution in [0.25, 0.3) is 0 Å². The number of hydrogen-bond acceptors (Lipinski definition) is 4. The Bertz CT molecular complexity index is 642. The standard InChI is InChI=1S/C17H25ClN2O2S/c18-7-1-10-20-11-6-14-2-3-17(12-15(14)13-20)23(21,22)16-4-8-19-9-5-16/h2-3,12,16,19H,1,4-11,13H2. The quantitative estimate of drug-likeness (QED) is 0.822. The van der Waals surface area contributed by atoms with Gasteiger partial charge < -0.3 is 5.32 Å². The Morgan fingerprint density at radius 1 is 1.22 bits per heavy atom. The lowest BCUT2D eigenvalue weighted by Gasteiger charge is -2.29. The molecule has 1 aromatic carbocycles. The van der Waals surface area contributed by atoms with Crippen molar-refractivity contribution in [1.29, 1.82) is 0 Å². The Hall–Kier alpha value is -0.620. The number of fused-ring (bicyclic) bond motifs is 1. The summed E-state index contributed by atoms with van der Waals surface area (Å²) >= 11 is 5.78. The zero-order valence-electron chi connectivity index (χ0n) is 13.4. The Balaban J connectivity index is 1.80. The molecule has 1 aromatic rings. The maximum Gasteiger partial charge on any atom is 0.181 e. The van der Waals surface area contributed by atoms with Crippen LogP contribution in [-0.2, 0) is 22.8 Å². The first-order valence-electron chi connectivity index (χ1n) is 8.46. The monoisotopic (exact) mass is 356 g/mol. The SMILES string of the molecule is O=S(=O)(c1ccc2c(c1)CN(CCCCl)CC2)C1CCNCC1. The van der Waals surface area contributed by atoms with Gasteiger partial charge in [-0.3, -0.25) is 4.90 Å². The Morgan fingerprint density at radius 3 is 2.74 bits per heavy atom. The highest BCUT2D eigenvalue weighted by Gasteiger charge is 2.29. The average molecular weight is 357 g/mol. The van der Waals surface area contributed by atoms with Gasteiger partial charge in [-0.05, 0) is 68.6 Å². The highest BCUT2D eigenvalue weighted by atomic mass is 35.5. The van der Waals surface area contributed by atoms with E-state index in [2.05, 4.69) is 10.2 Å². The average Bonchev–Trinajstić information content (AvgIpc) is 2.60. The van der Waals surface area contributed by atoms with Crippen LogP contribution in [0, 0.1) is 0 Å². The molecule has 0 spiro atoms. The number of sulfone groups is 1. The molecule has 1 fully saturated rings. The van der Waals surface area contributed by atoms with Crippen LogP contribution in [0.4, 0.5) is 0 Å². The second-order valence-electron chi connectivity index (χ2n) is 6.49. The molecule has 2 aliphatic heterocycles. The van der Waals surface area contributed by atoms with Crippen molar-refractivity contribution in [2.75, 3.05) is 32.1 Å². The van der Waals surface area contributed by atoms with Crippen molar-refractivity contribution < 1.29 is 8.42 Å². The summed E-state index contributed by atoms with van der Waals surface area (Å²) in [5.74, 6) is 0.674. The van der Waals surface area contributed by atoms with Crippen LogP contribution in [-0.4, -0.2) is 50.6 Å². The molecule has 0 aromatic heterocycles. The topological polar surface area (TPSA) is 49.4 Å². The van der Waals surface area contributed by atoms with Crippen molar-refractivity contribution in [2.24, 2.45) is 0 Å². The summed E-state index contributed by atoms with van der Waals surface area (Å²) in [5, 5.41) is 2.99. The second kappa shape index (κ2) is 7.51. The number of nitrogens with one attached hydrogen (secondary N) is 1. The molecule has 0 saturated carbocycles. The molecule has 3 rings (SSSR count). The van der Waals surface area contributed by atoms with Crippen molar-refractivity contribution in [2.45, 2.75) is 42.4 Å². The fraction of sp³-hybridized carbons (Fsp3) is 0.647. The maximum atomic E-state index is 12.9. The molecule has 2 heterocycles. The molecular formula is C17H25ClN2O2S. The first-order chi connectivity index (χ1) is 11.1. The third-order valence-electron chi connectivity index (χ3n) is 4.93. The normalized spacial score (nSPS) is 20.4. The molecule has 4 nitrogen and oxygen atoms in total. The lowest BCUT2D eigenvalue weighted by atomic mass is 10.00. The number of alkyl halides is 1. The molecule has 2 aliphatic rings. The van der Waals surface area contributed by atoms with E-state index in [9.17, 15) is 8.42 Å². The van der Waals surface area contributed by atoms with Gasteiger partial charge in [-0.15, -0.1) is 11.6 Å². The number of nitrogens with zero attached hydrogens (tertiary/aromatic N) is 1. The van der Waals surface area contributed by atoms with E-state index in [4.69, 9.17) is 11.6 Å². The molecular weight excluding hydrogens is 332 g/mol. The summed E-state index contributed by atoms with van der Waals surface area (Å²) in [6.45, 7) is 4.43. The number of hydrogen-bond donors (Lipinski definition) is 1. The van der Waals surface area contributed by atoms with E-state index in [1.54, 1.807) is 0 Å². The second-order valence-corrected chi connectivity index (χ2v) is 9.10. The molecule has 1 N–H and O–H groups in total. The summed E-state index contributed by atoms with van der Waals surface area (Å²) in [6.07, 6.45) is 3.39. The van der Waals surface area contributed by atoms with Gasteiger partial charge in [0, 0.05) is 19.0 Å². The van der Waals surface area contributed by atoms with E-state index in [0.717, 1.165) is 45.6 Å². The lowest BCUT2D eigenvalue weighted by molar-refractivity contribution is 0.255. The number of halogens is 1. The Morgan fingerprint density at radius 2 is 2.00 bits per heavy atom. The van der Waals surface area contributed by atoms with E-state index in [1.165, 1.54) is 11.1 Å². The minimum Gasteiger partial charge on any atom is -0.317 e. The van der Waals surface area contributed by atoms with Gasteiger partial charge in [0.2, 0.25) is 0 Å². The summed E-state index contributed by atoms with van der Waals surface area (Å²) in [4.78, 5) is 2.87. The van der Waals surface area contributed by atoms with Crippen LogP contribution in [0.1, 0.15) is 30.4 Å². The van der Waals surface area contributed by atoms with Gasteiger partial charge in [-0.1, -0.05) is 6.07 Å². The summed E-state index contributed by atoms with van der Waals surface area (Å²) in [7, 11) is -3.21. The van der Waals surface area contributed by atoms with Crippen LogP contribution in [0.2, 0.25) is 0 Å². The van der Waals surface area contributed by atoms with Crippen LogP contribution < -0.4 is 5.32 Å². The lowest BCUT2D eigenvalue weighted by Crippen LogP contribution is -2.36. The minimum absolute atomic E-state index is 0.238. The van der Waals surface area contributed by atoms with Crippen LogP contribution >= 0.6 is 11.6 Å². The summed E-state index contributed by atoms with van der Waals surface area (Å²) in [5.41, 5.74) is 2.46. The highest BCUT2D eigenvalue weighted by Crippen LogP contribution is 2.27. The van der Waals surface area contributed by atoms with Crippen molar-refractivity contribution in [3.8, 4) is 0 Å². The van der Waals surface area contributed by atoms with Gasteiger partial charge in [0.05, 0.1) is 10.1 Å². The molecule has 1 saturated heterocycles. The van der Waals surface area contributed by atoms with Gasteiger partial charge >= 0.3 is 0 Å². The minimum atomic E-state index is -3.21. The number of rotatable bonds is 5. The van der Waals surface area contributed by atoms with E-state index in [0.29, 0.717) is 23.6 Å². The predicted octanol–water partition coefficient (Wildman–Crippen LogP) is 2.20. The van der Waals surface area contributed by atoms with Crippen molar-refractivity contribution in [3.05, 3.63) is 29.3 Å². The van der Waals surface area contributed by atoms with Gasteiger partial charge in [0.1, 0.15) is 0 Å². The largest absolute Gasteiger partial charge is 0.317 e. The predicted molar refractivity (Wildman–Crippen MR) is 93.8 cm³/mol. The summed E-state index contributed by atoms with van der Waals surface area (Å²) in [6, 6.07) is 5.74. The molecule has 0 unspecified atom stereocenters.